The number of hydrogen-bond acceptors (Lipinski definition) is 1. The van der Waals surface area contributed by atoms with Crippen LogP contribution in [0, 0.1) is 11.8 Å². The summed E-state index contributed by atoms with van der Waals surface area (Å²) in [5.41, 5.74) is 5.02. The molecule has 0 saturated carbocycles. The highest BCUT2D eigenvalue weighted by atomic mass is 35.6. The summed E-state index contributed by atoms with van der Waals surface area (Å²) >= 11 is 16.6. The number of nitrogens with two attached hydrogens (primary N) is 1. The molecule has 0 radical (unpaired) electrons. The first-order valence-corrected chi connectivity index (χ1v) is 4.26. The summed E-state index contributed by atoms with van der Waals surface area (Å²) in [7, 11) is 0. The maximum atomic E-state index is 10.6. The summed E-state index contributed by atoms with van der Waals surface area (Å²) in [4.78, 5) is 10.6. The van der Waals surface area contributed by atoms with E-state index >= 15 is 0 Å². The zero-order valence-corrected chi connectivity index (χ0v) is 8.54. The lowest BCUT2D eigenvalue weighted by Crippen LogP contribution is -2.32. The average molecular weight is 219 g/mol. The van der Waals surface area contributed by atoms with Crippen molar-refractivity contribution < 1.29 is 4.79 Å². The highest BCUT2D eigenvalue weighted by Crippen LogP contribution is 2.38. The van der Waals surface area contributed by atoms with Gasteiger partial charge in [-0.3, -0.25) is 4.79 Å². The monoisotopic (exact) mass is 217 g/mol. The summed E-state index contributed by atoms with van der Waals surface area (Å²) in [6.07, 6.45) is 0. The van der Waals surface area contributed by atoms with Crippen molar-refractivity contribution in [1.29, 1.82) is 0 Å². The Hall–Kier alpha value is 0.340. The molecule has 0 bridgehead atoms. The maximum Gasteiger partial charge on any atom is 0.220 e. The van der Waals surface area contributed by atoms with Crippen LogP contribution in [0.2, 0.25) is 0 Å². The molecule has 1 amide bonds. The fourth-order valence-electron chi connectivity index (χ4n) is 0.530. The summed E-state index contributed by atoms with van der Waals surface area (Å²) in [5.74, 6) is -1.25. The Labute approximate surface area is 81.0 Å². The van der Waals surface area contributed by atoms with Crippen LogP contribution in [-0.4, -0.2) is 9.70 Å². The number of rotatable bonds is 2. The molecule has 0 aliphatic heterocycles. The van der Waals surface area contributed by atoms with Crippen LogP contribution in [0.3, 0.4) is 0 Å². The molecule has 2 unspecified atom stereocenters. The van der Waals surface area contributed by atoms with Gasteiger partial charge in [-0.05, 0) is 0 Å². The fraction of sp³-hybridized carbons (Fsp3) is 0.833. The zero-order valence-electron chi connectivity index (χ0n) is 6.27. The molecule has 2 nitrogen and oxygen atoms in total. The van der Waals surface area contributed by atoms with Crippen molar-refractivity contribution in [2.24, 2.45) is 17.6 Å². The second-order valence-corrected chi connectivity index (χ2v) is 4.89. The van der Waals surface area contributed by atoms with E-state index < -0.39 is 15.6 Å². The van der Waals surface area contributed by atoms with E-state index in [9.17, 15) is 4.79 Å². The van der Waals surface area contributed by atoms with Crippen molar-refractivity contribution in [2.75, 3.05) is 0 Å². The maximum absolute atomic E-state index is 10.6. The first kappa shape index (κ1) is 11.3. The molecule has 0 fully saturated rings. The normalized spacial score (nSPS) is 17.5. The van der Waals surface area contributed by atoms with E-state index in [4.69, 9.17) is 40.5 Å². The predicted molar refractivity (Wildman–Crippen MR) is 47.8 cm³/mol. The summed E-state index contributed by atoms with van der Waals surface area (Å²) < 4.78 is -1.42. The van der Waals surface area contributed by atoms with E-state index in [2.05, 4.69) is 0 Å². The van der Waals surface area contributed by atoms with Crippen molar-refractivity contribution in [1.82, 2.24) is 0 Å². The third-order valence-corrected chi connectivity index (χ3v) is 2.75. The van der Waals surface area contributed by atoms with E-state index in [0.29, 0.717) is 0 Å². The van der Waals surface area contributed by atoms with Gasteiger partial charge in [-0.15, -0.1) is 0 Å². The van der Waals surface area contributed by atoms with Gasteiger partial charge in [-0.25, -0.2) is 0 Å². The van der Waals surface area contributed by atoms with Gasteiger partial charge in [-0.2, -0.15) is 0 Å². The third-order valence-electron chi connectivity index (χ3n) is 1.72. The molecule has 0 heterocycles. The van der Waals surface area contributed by atoms with E-state index in [0.717, 1.165) is 0 Å². The molecule has 0 spiro atoms. The Morgan fingerprint density at radius 2 is 1.73 bits per heavy atom. The molecule has 0 aliphatic carbocycles. The minimum absolute atomic E-state index is 0.370. The first-order valence-electron chi connectivity index (χ1n) is 3.13. The van der Waals surface area contributed by atoms with Gasteiger partial charge < -0.3 is 5.73 Å². The van der Waals surface area contributed by atoms with Crippen LogP contribution >= 0.6 is 34.8 Å². The number of carbonyl (C=O) groups is 1. The largest absolute Gasteiger partial charge is 0.369 e. The van der Waals surface area contributed by atoms with Crippen LogP contribution in [0.5, 0.6) is 0 Å². The molecule has 0 aromatic heterocycles. The van der Waals surface area contributed by atoms with Gasteiger partial charge in [0.05, 0.1) is 0 Å². The van der Waals surface area contributed by atoms with Crippen LogP contribution in [0.1, 0.15) is 13.8 Å². The molecule has 0 aromatic carbocycles. The second kappa shape index (κ2) is 3.83. The average Bonchev–Trinajstić information content (AvgIpc) is 1.82. The smallest absolute Gasteiger partial charge is 0.220 e. The highest BCUT2D eigenvalue weighted by molar-refractivity contribution is 6.67. The van der Waals surface area contributed by atoms with E-state index in [1.807, 2.05) is 0 Å². The third kappa shape index (κ3) is 3.50. The van der Waals surface area contributed by atoms with Gasteiger partial charge in [0.25, 0.3) is 0 Å². The second-order valence-electron chi connectivity index (χ2n) is 2.52. The van der Waals surface area contributed by atoms with Gasteiger partial charge in [0.1, 0.15) is 0 Å². The molecule has 2 atom stereocenters. The lowest BCUT2D eigenvalue weighted by Gasteiger charge is -2.23. The van der Waals surface area contributed by atoms with Gasteiger partial charge in [0, 0.05) is 11.8 Å². The molecule has 0 rings (SSSR count). The zero-order chi connectivity index (χ0) is 9.23. The Morgan fingerprint density at radius 3 is 1.82 bits per heavy atom. The molecule has 66 valence electrons. The predicted octanol–water partition coefficient (Wildman–Crippen LogP) is 2.11. The Morgan fingerprint density at radius 1 is 1.36 bits per heavy atom. The van der Waals surface area contributed by atoms with Crippen LogP contribution in [-0.2, 0) is 4.79 Å². The molecule has 11 heavy (non-hydrogen) atoms. The van der Waals surface area contributed by atoms with Gasteiger partial charge >= 0.3 is 0 Å². The topological polar surface area (TPSA) is 43.1 Å². The molecular formula is C6H10Cl3NO. The van der Waals surface area contributed by atoms with Crippen LogP contribution in [0.25, 0.3) is 0 Å². The summed E-state index contributed by atoms with van der Waals surface area (Å²) in [6.45, 7) is 3.30. The number of alkyl halides is 3. The molecule has 0 aromatic rings. The van der Waals surface area contributed by atoms with Gasteiger partial charge in [0.2, 0.25) is 5.91 Å². The van der Waals surface area contributed by atoms with Crippen LogP contribution in [0.15, 0.2) is 0 Å². The molecular weight excluding hydrogens is 208 g/mol. The Kier molecular flexibility index (Phi) is 3.95. The van der Waals surface area contributed by atoms with Crippen molar-refractivity contribution in [2.45, 2.75) is 17.6 Å². The molecule has 5 heteroatoms. The van der Waals surface area contributed by atoms with Crippen LogP contribution in [0.4, 0.5) is 0 Å². The van der Waals surface area contributed by atoms with Crippen molar-refractivity contribution in [3.05, 3.63) is 0 Å². The Balaban J connectivity index is 4.25. The number of carbonyl (C=O) groups excluding carboxylic acids is 1. The number of amides is 1. The minimum atomic E-state index is -1.42. The molecule has 2 N–H and O–H groups in total. The van der Waals surface area contributed by atoms with E-state index in [1.165, 1.54) is 0 Å². The molecule has 0 saturated heterocycles. The van der Waals surface area contributed by atoms with Crippen molar-refractivity contribution >= 4 is 40.7 Å². The highest BCUT2D eigenvalue weighted by Gasteiger charge is 2.34. The van der Waals surface area contributed by atoms with Crippen LogP contribution < -0.4 is 5.73 Å². The van der Waals surface area contributed by atoms with Gasteiger partial charge in [-0.1, -0.05) is 48.7 Å². The van der Waals surface area contributed by atoms with E-state index in [1.54, 1.807) is 13.8 Å². The van der Waals surface area contributed by atoms with Crippen molar-refractivity contribution in [3.63, 3.8) is 0 Å². The lowest BCUT2D eigenvalue weighted by atomic mass is 9.97. The minimum Gasteiger partial charge on any atom is -0.369 e. The van der Waals surface area contributed by atoms with Crippen molar-refractivity contribution in [3.8, 4) is 0 Å². The number of primary amides is 1. The standard InChI is InChI=1S/C6H10Cl3NO/c1-3(5(10)11)4(2)6(7,8)9/h3-4H,1-2H3,(H2,10,11). The van der Waals surface area contributed by atoms with E-state index in [-0.39, 0.29) is 5.92 Å². The fourth-order valence-corrected chi connectivity index (χ4v) is 1.10. The summed E-state index contributed by atoms with van der Waals surface area (Å²) in [6, 6.07) is 0. The number of hydrogen-bond donors (Lipinski definition) is 1. The first-order chi connectivity index (χ1) is 4.76. The lowest BCUT2D eigenvalue weighted by molar-refractivity contribution is -0.122. The Bertz CT molecular complexity index is 154. The SMILES string of the molecule is CC(C(N)=O)C(C)C(Cl)(Cl)Cl. The number of halogens is 3. The van der Waals surface area contributed by atoms with Gasteiger partial charge in [0.15, 0.2) is 3.79 Å². The summed E-state index contributed by atoms with van der Waals surface area (Å²) in [5, 5.41) is 0. The molecule has 0 aliphatic rings. The quantitative estimate of drug-likeness (QED) is 0.709.